The average molecular weight is 901 g/mol. The van der Waals surface area contributed by atoms with Crippen LogP contribution >= 0.6 is 0 Å². The van der Waals surface area contributed by atoms with E-state index in [1.54, 1.807) is 0 Å². The minimum atomic E-state index is 1.09. The third kappa shape index (κ3) is 10.4. The summed E-state index contributed by atoms with van der Waals surface area (Å²) >= 11 is 0. The average Bonchev–Trinajstić information content (AvgIpc) is 3.41. The van der Waals surface area contributed by atoms with Crippen LogP contribution in [0.5, 0.6) is 0 Å². The molecule has 0 fully saturated rings. The molecule has 0 heterocycles. The molecule has 10 aromatic rings. The molecule has 0 aliphatic rings. The number of hydrogen-bond acceptors (Lipinski definition) is 2. The van der Waals surface area contributed by atoms with Gasteiger partial charge in [-0.1, -0.05) is 204 Å². The van der Waals surface area contributed by atoms with Gasteiger partial charge in [-0.2, -0.15) is 0 Å². The zero-order valence-corrected chi connectivity index (χ0v) is 40.3. The Kier molecular flexibility index (Phi) is 13.3. The zero-order valence-electron chi connectivity index (χ0n) is 40.3. The normalized spacial score (nSPS) is 11.6. The van der Waals surface area contributed by atoms with Crippen LogP contribution in [0.25, 0.3) is 34.4 Å². The quantitative estimate of drug-likeness (QED) is 0.106. The first-order chi connectivity index (χ1) is 34.3. The molecule has 0 atom stereocenters. The van der Waals surface area contributed by atoms with Crippen molar-refractivity contribution in [3.63, 3.8) is 0 Å². The fourth-order valence-corrected chi connectivity index (χ4v) is 9.03. The van der Waals surface area contributed by atoms with Gasteiger partial charge in [0.15, 0.2) is 0 Å². The monoisotopic (exact) mass is 900 g/mol. The van der Waals surface area contributed by atoms with Crippen molar-refractivity contribution in [1.82, 2.24) is 0 Å². The van der Waals surface area contributed by atoms with Gasteiger partial charge in [-0.05, 0) is 168 Å². The van der Waals surface area contributed by atoms with Crippen molar-refractivity contribution in [2.75, 3.05) is 9.80 Å². The fourth-order valence-electron chi connectivity index (χ4n) is 9.03. The van der Waals surface area contributed by atoms with E-state index >= 15 is 0 Å². The second-order valence-electron chi connectivity index (χ2n) is 18.2. The lowest BCUT2D eigenvalue weighted by molar-refractivity contribution is 1.27. The molecule has 0 aliphatic heterocycles. The van der Waals surface area contributed by atoms with E-state index in [2.05, 4.69) is 304 Å². The van der Waals surface area contributed by atoms with Crippen molar-refractivity contribution < 1.29 is 0 Å². The van der Waals surface area contributed by atoms with Crippen molar-refractivity contribution in [3.05, 3.63) is 310 Å². The van der Waals surface area contributed by atoms with Gasteiger partial charge < -0.3 is 9.80 Å². The molecule has 0 aliphatic carbocycles. The minimum absolute atomic E-state index is 1.09. The summed E-state index contributed by atoms with van der Waals surface area (Å²) in [6.45, 7) is 8.54. The number of anilines is 6. The van der Waals surface area contributed by atoms with Crippen LogP contribution in [0.1, 0.15) is 55.6 Å². The molecular formula is C68H56N2. The first-order valence-electron chi connectivity index (χ1n) is 24.1. The van der Waals surface area contributed by atoms with Crippen LogP contribution in [0, 0.1) is 27.7 Å². The Labute approximate surface area is 414 Å². The highest BCUT2D eigenvalue weighted by Gasteiger charge is 2.16. The predicted octanol–water partition coefficient (Wildman–Crippen LogP) is 18.7. The Bertz CT molecular complexity index is 3120. The molecule has 10 rings (SSSR count). The van der Waals surface area contributed by atoms with Crippen LogP contribution < -0.4 is 9.80 Å². The largest absolute Gasteiger partial charge is 0.311 e. The Morgan fingerprint density at radius 3 is 0.757 bits per heavy atom. The second-order valence-corrected chi connectivity index (χ2v) is 18.2. The fraction of sp³-hybridized carbons (Fsp3) is 0.0588. The molecule has 2 nitrogen and oxygen atoms in total. The van der Waals surface area contributed by atoms with Crippen LogP contribution in [0.4, 0.5) is 34.1 Å². The molecule has 338 valence electrons. The summed E-state index contributed by atoms with van der Waals surface area (Å²) < 4.78 is 0. The van der Waals surface area contributed by atoms with E-state index in [4.69, 9.17) is 0 Å². The van der Waals surface area contributed by atoms with Gasteiger partial charge in [0.05, 0.1) is 0 Å². The molecule has 10 aromatic carbocycles. The zero-order chi connectivity index (χ0) is 47.8. The lowest BCUT2D eigenvalue weighted by Gasteiger charge is -2.26. The summed E-state index contributed by atoms with van der Waals surface area (Å²) in [5.74, 6) is 0. The molecule has 0 bridgehead atoms. The second kappa shape index (κ2) is 20.7. The highest BCUT2D eigenvalue weighted by molar-refractivity contribution is 5.93. The summed E-state index contributed by atoms with van der Waals surface area (Å²) in [5.41, 5.74) is 23.4. The van der Waals surface area contributed by atoms with Gasteiger partial charge in [-0.25, -0.2) is 0 Å². The van der Waals surface area contributed by atoms with Crippen LogP contribution in [-0.4, -0.2) is 0 Å². The van der Waals surface area contributed by atoms with Crippen LogP contribution in [-0.2, 0) is 0 Å². The Morgan fingerprint density at radius 1 is 0.243 bits per heavy atom. The van der Waals surface area contributed by atoms with Gasteiger partial charge in [0.1, 0.15) is 0 Å². The molecule has 0 radical (unpaired) electrons. The molecule has 0 amide bonds. The highest BCUT2D eigenvalue weighted by atomic mass is 15.1. The number of hydrogen-bond donors (Lipinski definition) is 0. The number of benzene rings is 10. The maximum Gasteiger partial charge on any atom is 0.0462 e. The van der Waals surface area contributed by atoms with E-state index in [9.17, 15) is 0 Å². The molecule has 0 aromatic heterocycles. The first kappa shape index (κ1) is 45.1. The Balaban J connectivity index is 0.932. The van der Waals surface area contributed by atoms with Crippen molar-refractivity contribution in [2.45, 2.75) is 27.7 Å². The molecule has 0 unspecified atom stereocenters. The summed E-state index contributed by atoms with van der Waals surface area (Å²) in [6, 6.07) is 92.2. The lowest BCUT2D eigenvalue weighted by Crippen LogP contribution is -2.10. The molecule has 0 spiro atoms. The van der Waals surface area contributed by atoms with Crippen molar-refractivity contribution in [3.8, 4) is 11.1 Å². The van der Waals surface area contributed by atoms with E-state index in [1.165, 1.54) is 55.7 Å². The molecule has 70 heavy (non-hydrogen) atoms. The lowest BCUT2D eigenvalue weighted by atomic mass is 9.95. The minimum Gasteiger partial charge on any atom is -0.311 e. The topological polar surface area (TPSA) is 6.48 Å². The third-order valence-electron chi connectivity index (χ3n) is 13.0. The van der Waals surface area contributed by atoms with E-state index in [-0.39, 0.29) is 0 Å². The summed E-state index contributed by atoms with van der Waals surface area (Å²) in [7, 11) is 0. The summed E-state index contributed by atoms with van der Waals surface area (Å²) in [6.07, 6.45) is 4.59. The molecule has 0 saturated carbocycles. The SMILES string of the molecule is Cc1ccc(/C(=C/c2ccc(N(c3ccc(C)cc3)c3ccc(-c4ccc(N(c5ccc(C)cc5)c5ccc(/C=C(\c6ccccc6)c6ccc(C)cc6)cc5)cc4)cc3)cc2)c2ccccc2)cc1. The molecule has 0 N–H and O–H groups in total. The summed E-state index contributed by atoms with van der Waals surface area (Å²) in [4.78, 5) is 4.67. The van der Waals surface area contributed by atoms with Crippen LogP contribution in [0.3, 0.4) is 0 Å². The van der Waals surface area contributed by atoms with Crippen LogP contribution in [0.15, 0.2) is 255 Å². The molecule has 0 saturated heterocycles. The summed E-state index contributed by atoms with van der Waals surface area (Å²) in [5, 5.41) is 0. The standard InChI is InChI=1S/C68H56N2/c1-49-15-27-59(28-16-49)67(57-11-7-5-8-12-57)47-53-23-39-63(40-24-53)69(61-35-19-51(3)20-36-61)65-43-31-55(32-44-65)56-33-45-66(46-34-56)70(62-37-21-52(4)22-38-62)64-41-25-54(26-42-64)48-68(58-13-9-6-10-14-58)60-29-17-50(2)18-30-60/h5-48H,1-4H3/b67-47+,68-48+. The number of aryl methyl sites for hydroxylation is 4. The van der Waals surface area contributed by atoms with E-state index < -0.39 is 0 Å². The van der Waals surface area contributed by atoms with Crippen LogP contribution in [0.2, 0.25) is 0 Å². The van der Waals surface area contributed by atoms with Crippen molar-refractivity contribution in [2.24, 2.45) is 0 Å². The molecular weight excluding hydrogens is 845 g/mol. The number of nitrogens with zero attached hydrogens (tertiary/aromatic N) is 2. The van der Waals surface area contributed by atoms with Gasteiger partial charge in [0, 0.05) is 34.1 Å². The Morgan fingerprint density at radius 2 is 0.471 bits per heavy atom. The van der Waals surface area contributed by atoms with Gasteiger partial charge in [-0.3, -0.25) is 0 Å². The smallest absolute Gasteiger partial charge is 0.0462 e. The van der Waals surface area contributed by atoms with E-state index in [0.29, 0.717) is 0 Å². The van der Waals surface area contributed by atoms with Gasteiger partial charge in [0.2, 0.25) is 0 Å². The van der Waals surface area contributed by atoms with Gasteiger partial charge in [0.25, 0.3) is 0 Å². The first-order valence-corrected chi connectivity index (χ1v) is 24.1. The third-order valence-corrected chi connectivity index (χ3v) is 13.0. The molecule has 2 heteroatoms. The highest BCUT2D eigenvalue weighted by Crippen LogP contribution is 2.39. The number of rotatable bonds is 13. The predicted molar refractivity (Wildman–Crippen MR) is 300 cm³/mol. The van der Waals surface area contributed by atoms with Gasteiger partial charge in [-0.15, -0.1) is 0 Å². The maximum absolute atomic E-state index is 2.34. The maximum atomic E-state index is 2.34. The van der Waals surface area contributed by atoms with E-state index in [1.807, 2.05) is 0 Å². The van der Waals surface area contributed by atoms with E-state index in [0.717, 1.165) is 56.4 Å². The van der Waals surface area contributed by atoms with Crippen molar-refractivity contribution in [1.29, 1.82) is 0 Å². The van der Waals surface area contributed by atoms with Gasteiger partial charge >= 0.3 is 0 Å². The Hall–Kier alpha value is -8.72. The van der Waals surface area contributed by atoms with Crippen molar-refractivity contribution >= 4 is 57.4 Å².